The van der Waals surface area contributed by atoms with Gasteiger partial charge in [-0.3, -0.25) is 9.55 Å². The topological polar surface area (TPSA) is 64.1 Å². The normalized spacial score (nSPS) is 12.0. The molecule has 326 valence electrons. The Labute approximate surface area is 399 Å². The van der Waals surface area contributed by atoms with Crippen molar-refractivity contribution in [2.45, 2.75) is 52.4 Å². The summed E-state index contributed by atoms with van der Waals surface area (Å²) in [6, 6.07) is 63.1. The summed E-state index contributed by atoms with van der Waals surface area (Å²) in [6.07, 6.45) is 1.84. The van der Waals surface area contributed by atoms with Crippen LogP contribution in [0.5, 0.6) is 5.75 Å². The molecule has 0 aliphatic rings. The summed E-state index contributed by atoms with van der Waals surface area (Å²) in [6.45, 7) is 13.1. The smallest absolute Gasteiger partial charge is 0.152 e. The van der Waals surface area contributed by atoms with Gasteiger partial charge in [-0.2, -0.15) is 0 Å². The maximum absolute atomic E-state index is 12.5. The molecule has 3 aromatic heterocycles. The third-order valence-electron chi connectivity index (χ3n) is 12.7. The van der Waals surface area contributed by atoms with E-state index in [1.807, 2.05) is 24.4 Å². The number of hydrogen-bond donors (Lipinski definition) is 1. The number of imidazole rings is 1. The molecule has 5 nitrogen and oxygen atoms in total. The summed E-state index contributed by atoms with van der Waals surface area (Å²) in [5, 5.41) is 16.9. The molecule has 3 heterocycles. The summed E-state index contributed by atoms with van der Waals surface area (Å²) in [4.78, 5) is 10.6. The third-order valence-corrected chi connectivity index (χ3v) is 12.7. The predicted octanol–water partition coefficient (Wildman–Crippen LogP) is 15.9. The molecule has 0 saturated heterocycles. The quantitative estimate of drug-likeness (QED) is 0.169. The Balaban J connectivity index is 0.00000511. The Morgan fingerprint density at radius 2 is 1.24 bits per heavy atom. The molecule has 11 rings (SSSR count). The van der Waals surface area contributed by atoms with E-state index in [2.05, 4.69) is 204 Å². The summed E-state index contributed by atoms with van der Waals surface area (Å²) in [5.41, 5.74) is 14.1. The SMILES string of the molecule is CC(C)(C)c1cc(-c2nc3c(-c4[c-]c(-c5cc6c(cn5)oc5ccc7ccccc7c56)cc(-c5ccccc5)c4)cccc3n2-c2ccccc2-c2ccccc2)c(O)c(C(C)(C)C)c1.[Pt]. The van der Waals surface area contributed by atoms with E-state index in [-0.39, 0.29) is 37.6 Å². The molecule has 0 atom stereocenters. The zero-order valence-corrected chi connectivity index (χ0v) is 40.0. The molecular weight excluding hydrogens is 990 g/mol. The van der Waals surface area contributed by atoms with E-state index in [1.165, 1.54) is 0 Å². The molecule has 0 bridgehead atoms. The third kappa shape index (κ3) is 7.42. The summed E-state index contributed by atoms with van der Waals surface area (Å²) >= 11 is 0. The van der Waals surface area contributed by atoms with Crippen LogP contribution in [0.1, 0.15) is 52.7 Å². The standard InChI is InChI=1S/C60H48N3O2.Pt/c1-59(2,3)43-33-48(57(64)49(34-43)60(4,5)6)58-62-56-46(25-17-27-52(56)63(58)51-26-16-15-23-44(51)38-20-11-8-12-21-38)41-30-40(37-18-9-7-10-19-37)31-42(32-41)50-35-47-54(36-61-50)65-53-29-28-39-22-13-14-24-45(39)55(47)53;/h7-31,33-36,64H,1-6H3;/q-1;. The first kappa shape index (κ1) is 42.9. The fourth-order valence-corrected chi connectivity index (χ4v) is 9.33. The van der Waals surface area contributed by atoms with Gasteiger partial charge in [-0.1, -0.05) is 192 Å². The van der Waals surface area contributed by atoms with Gasteiger partial charge in [0.25, 0.3) is 0 Å². The molecule has 0 spiro atoms. The van der Waals surface area contributed by atoms with Crippen LogP contribution in [0.15, 0.2) is 180 Å². The minimum Gasteiger partial charge on any atom is -0.507 e. The molecule has 66 heavy (non-hydrogen) atoms. The number of fused-ring (bicyclic) bond motifs is 6. The van der Waals surface area contributed by atoms with Crippen molar-refractivity contribution in [3.05, 3.63) is 193 Å². The zero-order chi connectivity index (χ0) is 44.6. The Kier molecular flexibility index (Phi) is 10.7. The number of aromatic hydroxyl groups is 1. The van der Waals surface area contributed by atoms with Crippen LogP contribution in [-0.4, -0.2) is 19.6 Å². The second kappa shape index (κ2) is 16.4. The monoisotopic (exact) mass is 1040 g/mol. The molecule has 6 heteroatoms. The molecule has 0 unspecified atom stereocenters. The minimum absolute atomic E-state index is 0. The number of hydrogen-bond acceptors (Lipinski definition) is 4. The Bertz CT molecular complexity index is 3630. The van der Waals surface area contributed by atoms with Crippen LogP contribution in [0.3, 0.4) is 0 Å². The van der Waals surface area contributed by atoms with E-state index in [1.54, 1.807) is 0 Å². The maximum Gasteiger partial charge on any atom is 0.152 e. The number of rotatable bonds is 6. The number of aromatic nitrogens is 3. The van der Waals surface area contributed by atoms with E-state index in [0.29, 0.717) is 11.4 Å². The van der Waals surface area contributed by atoms with Gasteiger partial charge in [0.05, 0.1) is 28.5 Å². The average Bonchev–Trinajstić information content (AvgIpc) is 3.90. The van der Waals surface area contributed by atoms with Crippen LogP contribution >= 0.6 is 0 Å². The van der Waals surface area contributed by atoms with Gasteiger partial charge in [0.2, 0.25) is 0 Å². The van der Waals surface area contributed by atoms with E-state index < -0.39 is 0 Å². The van der Waals surface area contributed by atoms with Crippen molar-refractivity contribution in [2.75, 3.05) is 0 Å². The number of benzene rings is 8. The number of pyridine rings is 1. The number of para-hydroxylation sites is 2. The van der Waals surface area contributed by atoms with Crippen LogP contribution in [0.4, 0.5) is 0 Å². The van der Waals surface area contributed by atoms with E-state index in [0.717, 1.165) is 105 Å². The zero-order valence-electron chi connectivity index (χ0n) is 37.8. The van der Waals surface area contributed by atoms with Crippen molar-refractivity contribution in [1.82, 2.24) is 14.5 Å². The van der Waals surface area contributed by atoms with Crippen molar-refractivity contribution < 1.29 is 30.6 Å². The number of phenols is 1. The molecule has 11 aromatic rings. The van der Waals surface area contributed by atoms with Gasteiger partial charge in [0, 0.05) is 48.7 Å². The Hall–Kier alpha value is -7.07. The first-order valence-corrected chi connectivity index (χ1v) is 22.3. The molecule has 0 amide bonds. The average molecular weight is 1040 g/mol. The van der Waals surface area contributed by atoms with Crippen molar-refractivity contribution in [2.24, 2.45) is 0 Å². The molecule has 0 fully saturated rings. The minimum atomic E-state index is -0.333. The molecule has 8 aromatic carbocycles. The van der Waals surface area contributed by atoms with Gasteiger partial charge < -0.3 is 9.52 Å². The van der Waals surface area contributed by atoms with Crippen molar-refractivity contribution in [1.29, 1.82) is 0 Å². The molecule has 0 aliphatic heterocycles. The van der Waals surface area contributed by atoms with Gasteiger partial charge in [-0.05, 0) is 62.6 Å². The first-order chi connectivity index (χ1) is 31.4. The summed E-state index contributed by atoms with van der Waals surface area (Å²) < 4.78 is 8.60. The fourth-order valence-electron chi connectivity index (χ4n) is 9.33. The van der Waals surface area contributed by atoms with Crippen LogP contribution < -0.4 is 0 Å². The largest absolute Gasteiger partial charge is 0.507 e. The number of nitrogens with zero attached hydrogens (tertiary/aromatic N) is 3. The van der Waals surface area contributed by atoms with Gasteiger partial charge >= 0.3 is 0 Å². The van der Waals surface area contributed by atoms with Crippen LogP contribution in [0, 0.1) is 6.07 Å². The summed E-state index contributed by atoms with van der Waals surface area (Å²) in [7, 11) is 0. The molecule has 1 N–H and O–H groups in total. The first-order valence-electron chi connectivity index (χ1n) is 22.3. The Morgan fingerprint density at radius 1 is 0.561 bits per heavy atom. The molecule has 0 saturated carbocycles. The summed E-state index contributed by atoms with van der Waals surface area (Å²) in [5.74, 6) is 0.900. The van der Waals surface area contributed by atoms with Gasteiger partial charge in [0.1, 0.15) is 17.2 Å². The predicted molar refractivity (Wildman–Crippen MR) is 269 cm³/mol. The second-order valence-electron chi connectivity index (χ2n) is 19.1. The second-order valence-corrected chi connectivity index (χ2v) is 19.1. The van der Waals surface area contributed by atoms with E-state index in [9.17, 15) is 5.11 Å². The number of furan rings is 1. The van der Waals surface area contributed by atoms with Gasteiger partial charge in [-0.15, -0.1) is 23.8 Å². The van der Waals surface area contributed by atoms with Crippen LogP contribution in [0.2, 0.25) is 0 Å². The Morgan fingerprint density at radius 3 is 2.00 bits per heavy atom. The molecule has 0 radical (unpaired) electrons. The van der Waals surface area contributed by atoms with Crippen molar-refractivity contribution in [3.8, 4) is 67.5 Å². The van der Waals surface area contributed by atoms with Gasteiger partial charge in [0.15, 0.2) is 5.58 Å². The van der Waals surface area contributed by atoms with Crippen LogP contribution in [-0.2, 0) is 31.9 Å². The van der Waals surface area contributed by atoms with E-state index in [4.69, 9.17) is 14.4 Å². The van der Waals surface area contributed by atoms with Gasteiger partial charge in [-0.25, -0.2) is 4.98 Å². The van der Waals surface area contributed by atoms with Crippen molar-refractivity contribution in [3.63, 3.8) is 0 Å². The van der Waals surface area contributed by atoms with Crippen molar-refractivity contribution >= 4 is 43.7 Å². The maximum atomic E-state index is 12.5. The van der Waals surface area contributed by atoms with E-state index >= 15 is 0 Å². The number of phenolic OH excluding ortho intramolecular Hbond substituents is 1. The fraction of sp³-hybridized carbons (Fsp3) is 0.133. The molecular formula is C60H48N3O2Pt-. The van der Waals surface area contributed by atoms with Crippen LogP contribution in [0.25, 0.3) is 105 Å². The molecule has 0 aliphatic carbocycles.